The average Bonchev–Trinajstić information content (AvgIpc) is 2.69. The third kappa shape index (κ3) is 5.71. The maximum absolute atomic E-state index is 12.1. The summed E-state index contributed by atoms with van der Waals surface area (Å²) in [6.07, 6.45) is 0. The zero-order valence-electron chi connectivity index (χ0n) is 16.8. The first-order chi connectivity index (χ1) is 13.4. The Morgan fingerprint density at radius 2 is 1.68 bits per heavy atom. The predicted octanol–water partition coefficient (Wildman–Crippen LogP) is 2.20. The highest BCUT2D eigenvalue weighted by atomic mass is 32.2. The highest BCUT2D eigenvalue weighted by molar-refractivity contribution is 7.89. The summed E-state index contributed by atoms with van der Waals surface area (Å²) in [5.41, 5.74) is 2.00. The van der Waals surface area contributed by atoms with Crippen molar-refractivity contribution in [2.45, 2.75) is 24.9 Å². The second kappa shape index (κ2) is 10.1. The minimum absolute atomic E-state index is 0.274. The van der Waals surface area contributed by atoms with Crippen molar-refractivity contribution < 1.29 is 13.2 Å². The minimum Gasteiger partial charge on any atom is -0.494 e. The monoisotopic (exact) mass is 404 g/mol. The maximum atomic E-state index is 12.1. The van der Waals surface area contributed by atoms with Crippen molar-refractivity contribution in [3.63, 3.8) is 0 Å². The SMILES string of the molecule is CCOc1ccccc1CNC(=NC)NCc1ccc(S(=O)(=O)N(C)C)cc1. The average molecular weight is 405 g/mol. The summed E-state index contributed by atoms with van der Waals surface area (Å²) in [5, 5.41) is 6.49. The van der Waals surface area contributed by atoms with Gasteiger partial charge in [0.2, 0.25) is 10.0 Å². The topological polar surface area (TPSA) is 83.0 Å². The highest BCUT2D eigenvalue weighted by Crippen LogP contribution is 2.17. The van der Waals surface area contributed by atoms with Crippen molar-refractivity contribution >= 4 is 16.0 Å². The Kier molecular flexibility index (Phi) is 7.83. The molecule has 0 heterocycles. The summed E-state index contributed by atoms with van der Waals surface area (Å²) in [6.45, 7) is 3.67. The zero-order valence-corrected chi connectivity index (χ0v) is 17.6. The summed E-state index contributed by atoms with van der Waals surface area (Å²) in [4.78, 5) is 4.50. The van der Waals surface area contributed by atoms with Gasteiger partial charge in [-0.2, -0.15) is 0 Å². The number of para-hydroxylation sites is 1. The van der Waals surface area contributed by atoms with Crippen LogP contribution < -0.4 is 15.4 Å². The molecule has 0 saturated heterocycles. The summed E-state index contributed by atoms with van der Waals surface area (Å²) in [6, 6.07) is 14.7. The van der Waals surface area contributed by atoms with Gasteiger partial charge in [-0.05, 0) is 30.7 Å². The van der Waals surface area contributed by atoms with Gasteiger partial charge < -0.3 is 15.4 Å². The molecule has 0 radical (unpaired) electrons. The lowest BCUT2D eigenvalue weighted by atomic mass is 10.2. The molecule has 2 N–H and O–H groups in total. The second-order valence-corrected chi connectivity index (χ2v) is 8.40. The lowest BCUT2D eigenvalue weighted by molar-refractivity contribution is 0.336. The van der Waals surface area contributed by atoms with E-state index in [-0.39, 0.29) is 4.90 Å². The number of nitrogens with one attached hydrogen (secondary N) is 2. The van der Waals surface area contributed by atoms with E-state index >= 15 is 0 Å². The van der Waals surface area contributed by atoms with Crippen LogP contribution in [0.25, 0.3) is 0 Å². The Morgan fingerprint density at radius 1 is 1.04 bits per heavy atom. The van der Waals surface area contributed by atoms with Crippen molar-refractivity contribution in [3.8, 4) is 5.75 Å². The molecule has 0 unspecified atom stereocenters. The molecule has 2 aromatic carbocycles. The lowest BCUT2D eigenvalue weighted by Crippen LogP contribution is -2.36. The van der Waals surface area contributed by atoms with Crippen LogP contribution in [0.5, 0.6) is 5.75 Å². The smallest absolute Gasteiger partial charge is 0.242 e. The molecule has 0 aliphatic carbocycles. The van der Waals surface area contributed by atoms with E-state index in [4.69, 9.17) is 4.74 Å². The Morgan fingerprint density at radius 3 is 2.29 bits per heavy atom. The molecule has 0 aliphatic rings. The van der Waals surface area contributed by atoms with Crippen LogP contribution in [0.4, 0.5) is 0 Å². The minimum atomic E-state index is -3.41. The zero-order chi connectivity index (χ0) is 20.6. The summed E-state index contributed by atoms with van der Waals surface area (Å²) in [5.74, 6) is 1.50. The fraction of sp³-hybridized carbons (Fsp3) is 0.350. The fourth-order valence-electron chi connectivity index (χ4n) is 2.52. The molecule has 0 spiro atoms. The molecule has 0 fully saturated rings. The van der Waals surface area contributed by atoms with Gasteiger partial charge in [-0.1, -0.05) is 30.3 Å². The molecule has 0 bridgehead atoms. The highest BCUT2D eigenvalue weighted by Gasteiger charge is 2.16. The second-order valence-electron chi connectivity index (χ2n) is 6.25. The number of aliphatic imine (C=N–C) groups is 1. The van der Waals surface area contributed by atoms with Gasteiger partial charge >= 0.3 is 0 Å². The third-order valence-electron chi connectivity index (χ3n) is 4.10. The van der Waals surface area contributed by atoms with Gasteiger partial charge in [0.1, 0.15) is 5.75 Å². The van der Waals surface area contributed by atoms with E-state index < -0.39 is 10.0 Å². The van der Waals surface area contributed by atoms with E-state index in [1.807, 2.05) is 31.2 Å². The Bertz CT molecular complexity index is 894. The van der Waals surface area contributed by atoms with E-state index in [0.29, 0.717) is 25.7 Å². The van der Waals surface area contributed by atoms with Crippen molar-refractivity contribution in [1.29, 1.82) is 0 Å². The maximum Gasteiger partial charge on any atom is 0.242 e. The van der Waals surface area contributed by atoms with Gasteiger partial charge in [-0.3, -0.25) is 4.99 Å². The van der Waals surface area contributed by atoms with E-state index in [9.17, 15) is 8.42 Å². The number of sulfonamides is 1. The van der Waals surface area contributed by atoms with Crippen LogP contribution in [0, 0.1) is 0 Å². The largest absolute Gasteiger partial charge is 0.494 e. The molecule has 2 aromatic rings. The Labute approximate surface area is 167 Å². The van der Waals surface area contributed by atoms with Crippen LogP contribution in [0.3, 0.4) is 0 Å². The predicted molar refractivity (Wildman–Crippen MR) is 112 cm³/mol. The first kappa shape index (κ1) is 21.7. The fourth-order valence-corrected chi connectivity index (χ4v) is 3.42. The Balaban J connectivity index is 1.94. The van der Waals surface area contributed by atoms with Crippen LogP contribution in [-0.4, -0.2) is 46.4 Å². The van der Waals surface area contributed by atoms with Gasteiger partial charge in [0, 0.05) is 39.8 Å². The van der Waals surface area contributed by atoms with Crippen molar-refractivity contribution in [2.24, 2.45) is 4.99 Å². The summed E-state index contributed by atoms with van der Waals surface area (Å²) in [7, 11) is 1.33. The van der Waals surface area contributed by atoms with Crippen LogP contribution in [0.1, 0.15) is 18.1 Å². The molecule has 0 aromatic heterocycles. The van der Waals surface area contributed by atoms with Crippen LogP contribution in [0.15, 0.2) is 58.4 Å². The molecule has 0 amide bonds. The molecular formula is C20H28N4O3S. The van der Waals surface area contributed by atoms with Gasteiger partial charge in [0.15, 0.2) is 5.96 Å². The van der Waals surface area contributed by atoms with E-state index in [0.717, 1.165) is 16.9 Å². The molecule has 7 nitrogen and oxygen atoms in total. The van der Waals surface area contributed by atoms with Gasteiger partial charge in [-0.15, -0.1) is 0 Å². The summed E-state index contributed by atoms with van der Waals surface area (Å²) < 4.78 is 31.1. The number of guanidine groups is 1. The van der Waals surface area contributed by atoms with Gasteiger partial charge in [-0.25, -0.2) is 12.7 Å². The molecular weight excluding hydrogens is 376 g/mol. The molecule has 28 heavy (non-hydrogen) atoms. The van der Waals surface area contributed by atoms with Crippen LogP contribution in [-0.2, 0) is 23.1 Å². The quantitative estimate of drug-likeness (QED) is 0.521. The molecule has 0 saturated carbocycles. The Hall–Kier alpha value is -2.58. The van der Waals surface area contributed by atoms with Crippen LogP contribution >= 0.6 is 0 Å². The number of hydrogen-bond acceptors (Lipinski definition) is 4. The first-order valence-corrected chi connectivity index (χ1v) is 10.5. The van der Waals surface area contributed by atoms with Crippen molar-refractivity contribution in [2.75, 3.05) is 27.7 Å². The number of benzene rings is 2. The van der Waals surface area contributed by atoms with Crippen molar-refractivity contribution in [3.05, 3.63) is 59.7 Å². The van der Waals surface area contributed by atoms with E-state index in [1.165, 1.54) is 18.4 Å². The molecule has 0 aliphatic heterocycles. The molecule has 2 rings (SSSR count). The van der Waals surface area contributed by atoms with Gasteiger partial charge in [0.25, 0.3) is 0 Å². The summed E-state index contributed by atoms with van der Waals surface area (Å²) >= 11 is 0. The molecule has 0 atom stereocenters. The van der Waals surface area contributed by atoms with E-state index in [1.54, 1.807) is 31.3 Å². The van der Waals surface area contributed by atoms with E-state index in [2.05, 4.69) is 15.6 Å². The first-order valence-electron chi connectivity index (χ1n) is 9.05. The number of hydrogen-bond donors (Lipinski definition) is 2. The third-order valence-corrected chi connectivity index (χ3v) is 5.93. The standard InChI is InChI=1S/C20H28N4O3S/c1-5-27-19-9-7-6-8-17(19)15-23-20(21-2)22-14-16-10-12-18(13-11-16)28(25,26)24(3)4/h6-13H,5,14-15H2,1-4H3,(H2,21,22,23). The van der Waals surface area contributed by atoms with Gasteiger partial charge in [0.05, 0.1) is 11.5 Å². The number of ether oxygens (including phenoxy) is 1. The number of nitrogens with zero attached hydrogens (tertiary/aromatic N) is 2. The molecule has 8 heteroatoms. The van der Waals surface area contributed by atoms with Crippen LogP contribution in [0.2, 0.25) is 0 Å². The van der Waals surface area contributed by atoms with Crippen molar-refractivity contribution in [1.82, 2.24) is 14.9 Å². The number of rotatable bonds is 8. The normalized spacial score (nSPS) is 12.1. The molecule has 152 valence electrons. The lowest BCUT2D eigenvalue weighted by Gasteiger charge is -2.15.